The van der Waals surface area contributed by atoms with Crippen molar-refractivity contribution in [2.24, 2.45) is 5.73 Å². The van der Waals surface area contributed by atoms with E-state index in [1.807, 2.05) is 11.8 Å². The molecule has 0 radical (unpaired) electrons. The Morgan fingerprint density at radius 2 is 2.25 bits per heavy atom. The van der Waals surface area contributed by atoms with Crippen molar-refractivity contribution in [3.8, 4) is 0 Å². The minimum Gasteiger partial charge on any atom is -0.318 e. The smallest absolute Gasteiger partial charge is 0.0636 e. The molecule has 0 spiro atoms. The molecule has 0 bridgehead atoms. The second-order valence-electron chi connectivity index (χ2n) is 4.02. The van der Waals surface area contributed by atoms with Crippen LogP contribution < -0.4 is 5.73 Å². The Kier molecular flexibility index (Phi) is 3.44. The SMILES string of the molecule is CCC(C)(C)N1CCSC(N)C1. The van der Waals surface area contributed by atoms with E-state index in [1.165, 1.54) is 18.7 Å². The average molecular weight is 188 g/mol. The maximum Gasteiger partial charge on any atom is 0.0636 e. The topological polar surface area (TPSA) is 29.3 Å². The summed E-state index contributed by atoms with van der Waals surface area (Å²) in [7, 11) is 0. The molecule has 1 saturated heterocycles. The van der Waals surface area contributed by atoms with Gasteiger partial charge in [0.2, 0.25) is 0 Å². The summed E-state index contributed by atoms with van der Waals surface area (Å²) in [5.41, 5.74) is 6.23. The lowest BCUT2D eigenvalue weighted by Crippen LogP contribution is -2.52. The first-order valence-corrected chi connectivity index (χ1v) is 5.73. The zero-order valence-electron chi connectivity index (χ0n) is 8.34. The van der Waals surface area contributed by atoms with E-state index in [0.717, 1.165) is 6.54 Å². The van der Waals surface area contributed by atoms with E-state index >= 15 is 0 Å². The van der Waals surface area contributed by atoms with Gasteiger partial charge in [0.1, 0.15) is 0 Å². The van der Waals surface area contributed by atoms with E-state index < -0.39 is 0 Å². The van der Waals surface area contributed by atoms with Gasteiger partial charge in [-0.2, -0.15) is 0 Å². The Bertz CT molecular complexity index is 147. The standard InChI is InChI=1S/C9H20N2S/c1-4-9(2,3)11-5-6-12-8(10)7-11/h8H,4-7,10H2,1-3H3. The summed E-state index contributed by atoms with van der Waals surface area (Å²) < 4.78 is 0. The number of hydrogen-bond acceptors (Lipinski definition) is 3. The van der Waals surface area contributed by atoms with Gasteiger partial charge in [0.15, 0.2) is 0 Å². The third-order valence-corrected chi connectivity index (χ3v) is 3.81. The van der Waals surface area contributed by atoms with Gasteiger partial charge in [0.05, 0.1) is 5.37 Å². The maximum atomic E-state index is 5.90. The molecule has 2 N–H and O–H groups in total. The van der Waals surface area contributed by atoms with Crippen molar-refractivity contribution in [1.82, 2.24) is 4.90 Å². The van der Waals surface area contributed by atoms with Crippen LogP contribution in [-0.4, -0.2) is 34.7 Å². The molecule has 3 heteroatoms. The van der Waals surface area contributed by atoms with E-state index in [9.17, 15) is 0 Å². The highest BCUT2D eigenvalue weighted by Gasteiger charge is 2.28. The van der Waals surface area contributed by atoms with Crippen LogP contribution in [0.4, 0.5) is 0 Å². The molecule has 1 aliphatic rings. The summed E-state index contributed by atoms with van der Waals surface area (Å²) >= 11 is 1.88. The first-order chi connectivity index (χ1) is 5.56. The fourth-order valence-electron chi connectivity index (χ4n) is 1.45. The molecule has 12 heavy (non-hydrogen) atoms. The molecule has 0 aromatic carbocycles. The van der Waals surface area contributed by atoms with Gasteiger partial charge >= 0.3 is 0 Å². The lowest BCUT2D eigenvalue weighted by molar-refractivity contribution is 0.121. The van der Waals surface area contributed by atoms with Crippen molar-refractivity contribution in [2.75, 3.05) is 18.8 Å². The molecule has 72 valence electrons. The van der Waals surface area contributed by atoms with Crippen LogP contribution in [-0.2, 0) is 0 Å². The molecule has 0 aliphatic carbocycles. The van der Waals surface area contributed by atoms with Gasteiger partial charge in [0, 0.05) is 24.4 Å². The molecule has 0 aromatic heterocycles. The van der Waals surface area contributed by atoms with Crippen molar-refractivity contribution in [3.05, 3.63) is 0 Å². The van der Waals surface area contributed by atoms with Crippen LogP contribution in [0.1, 0.15) is 27.2 Å². The maximum absolute atomic E-state index is 5.90. The monoisotopic (exact) mass is 188 g/mol. The van der Waals surface area contributed by atoms with Crippen molar-refractivity contribution in [3.63, 3.8) is 0 Å². The van der Waals surface area contributed by atoms with Gasteiger partial charge in [-0.15, -0.1) is 11.8 Å². The summed E-state index contributed by atoms with van der Waals surface area (Å²) in [4.78, 5) is 2.51. The molecule has 1 unspecified atom stereocenters. The van der Waals surface area contributed by atoms with Crippen LogP contribution in [0.2, 0.25) is 0 Å². The fraction of sp³-hybridized carbons (Fsp3) is 1.00. The summed E-state index contributed by atoms with van der Waals surface area (Å²) in [5.74, 6) is 1.19. The van der Waals surface area contributed by atoms with Crippen LogP contribution in [0.5, 0.6) is 0 Å². The second-order valence-corrected chi connectivity index (χ2v) is 5.37. The van der Waals surface area contributed by atoms with Gasteiger partial charge < -0.3 is 5.73 Å². The Balaban J connectivity index is 2.50. The highest BCUT2D eigenvalue weighted by Crippen LogP contribution is 2.24. The van der Waals surface area contributed by atoms with Crippen LogP contribution in [0.3, 0.4) is 0 Å². The zero-order chi connectivity index (χ0) is 9.19. The first kappa shape index (κ1) is 10.4. The van der Waals surface area contributed by atoms with Gasteiger partial charge in [-0.3, -0.25) is 4.90 Å². The minimum atomic E-state index is 0.324. The molecule has 0 amide bonds. The molecular weight excluding hydrogens is 168 g/mol. The van der Waals surface area contributed by atoms with Crippen LogP contribution in [0.25, 0.3) is 0 Å². The van der Waals surface area contributed by atoms with Gasteiger partial charge in [-0.25, -0.2) is 0 Å². The average Bonchev–Trinajstić information content (AvgIpc) is 2.05. The number of thioether (sulfide) groups is 1. The molecule has 1 fully saturated rings. The van der Waals surface area contributed by atoms with Crippen molar-refractivity contribution in [1.29, 1.82) is 0 Å². The quantitative estimate of drug-likeness (QED) is 0.712. The predicted octanol–water partition coefficient (Wildman–Crippen LogP) is 1.51. The van der Waals surface area contributed by atoms with E-state index in [-0.39, 0.29) is 0 Å². The van der Waals surface area contributed by atoms with Gasteiger partial charge in [-0.1, -0.05) is 6.92 Å². The van der Waals surface area contributed by atoms with Gasteiger partial charge in [-0.05, 0) is 20.3 Å². The Morgan fingerprint density at radius 1 is 1.58 bits per heavy atom. The second kappa shape index (κ2) is 3.99. The lowest BCUT2D eigenvalue weighted by Gasteiger charge is -2.42. The van der Waals surface area contributed by atoms with Gasteiger partial charge in [0.25, 0.3) is 0 Å². The normalized spacial score (nSPS) is 27.5. The Hall–Kier alpha value is 0.270. The zero-order valence-corrected chi connectivity index (χ0v) is 9.16. The predicted molar refractivity (Wildman–Crippen MR) is 56.4 cm³/mol. The Labute approximate surface area is 79.9 Å². The van der Waals surface area contributed by atoms with Crippen molar-refractivity contribution >= 4 is 11.8 Å². The molecule has 1 heterocycles. The summed E-state index contributed by atoms with van der Waals surface area (Å²) in [6.07, 6.45) is 1.20. The summed E-state index contributed by atoms with van der Waals surface area (Å²) in [5, 5.41) is 0.324. The van der Waals surface area contributed by atoms with Crippen LogP contribution >= 0.6 is 11.8 Å². The number of nitrogens with two attached hydrogens (primary N) is 1. The molecule has 1 rings (SSSR count). The third-order valence-electron chi connectivity index (χ3n) is 2.81. The first-order valence-electron chi connectivity index (χ1n) is 4.68. The largest absolute Gasteiger partial charge is 0.318 e. The number of hydrogen-bond donors (Lipinski definition) is 1. The molecule has 0 aromatic rings. The molecule has 2 nitrogen and oxygen atoms in total. The highest BCUT2D eigenvalue weighted by atomic mass is 32.2. The van der Waals surface area contributed by atoms with E-state index in [4.69, 9.17) is 5.73 Å². The minimum absolute atomic E-state index is 0.324. The molecule has 1 aliphatic heterocycles. The number of nitrogens with zero attached hydrogens (tertiary/aromatic N) is 1. The number of rotatable bonds is 2. The molecule has 0 saturated carbocycles. The summed E-state index contributed by atoms with van der Waals surface area (Å²) in [6, 6.07) is 0. The Morgan fingerprint density at radius 3 is 2.75 bits per heavy atom. The van der Waals surface area contributed by atoms with Crippen molar-refractivity contribution in [2.45, 2.75) is 38.1 Å². The van der Waals surface area contributed by atoms with Crippen molar-refractivity contribution < 1.29 is 0 Å². The highest BCUT2D eigenvalue weighted by molar-refractivity contribution is 7.99. The van der Waals surface area contributed by atoms with E-state index in [1.54, 1.807) is 0 Å². The fourth-order valence-corrected chi connectivity index (χ4v) is 2.36. The van der Waals surface area contributed by atoms with E-state index in [0.29, 0.717) is 10.9 Å². The molecule has 1 atom stereocenters. The molecular formula is C9H20N2S. The van der Waals surface area contributed by atoms with Crippen LogP contribution in [0.15, 0.2) is 0 Å². The lowest BCUT2D eigenvalue weighted by atomic mass is 9.99. The summed E-state index contributed by atoms with van der Waals surface area (Å²) in [6.45, 7) is 9.09. The third kappa shape index (κ3) is 2.38. The van der Waals surface area contributed by atoms with Crippen LogP contribution in [0, 0.1) is 0 Å². The van der Waals surface area contributed by atoms with E-state index in [2.05, 4.69) is 25.7 Å².